The summed E-state index contributed by atoms with van der Waals surface area (Å²) in [6.45, 7) is 1.36. The third kappa shape index (κ3) is 3.44. The molecule has 1 aromatic heterocycles. The van der Waals surface area contributed by atoms with Crippen molar-refractivity contribution in [3.63, 3.8) is 0 Å². The predicted molar refractivity (Wildman–Crippen MR) is 93.3 cm³/mol. The number of fused-ring (bicyclic) bond motifs is 1. The molecule has 3 aromatic rings. The molecule has 122 valence electrons. The average Bonchev–Trinajstić information content (AvgIpc) is 2.89. The molecule has 0 spiro atoms. The van der Waals surface area contributed by atoms with Gasteiger partial charge in [0.15, 0.2) is 17.2 Å². The molecular formula is C18H16N2O3S. The van der Waals surface area contributed by atoms with Crippen LogP contribution in [-0.2, 0) is 11.8 Å². The van der Waals surface area contributed by atoms with Crippen molar-refractivity contribution in [2.75, 3.05) is 6.61 Å². The Balaban J connectivity index is 1.72. The zero-order chi connectivity index (χ0) is 17.1. The summed E-state index contributed by atoms with van der Waals surface area (Å²) >= 11 is 1.46. The minimum absolute atomic E-state index is 0.00936. The molecule has 0 N–H and O–H groups in total. The lowest BCUT2D eigenvalue weighted by Gasteiger charge is -2.03. The van der Waals surface area contributed by atoms with Crippen molar-refractivity contribution in [1.29, 1.82) is 0 Å². The van der Waals surface area contributed by atoms with Crippen molar-refractivity contribution in [2.45, 2.75) is 6.92 Å². The maximum absolute atomic E-state index is 12.0. The van der Waals surface area contributed by atoms with Gasteiger partial charge in [-0.2, -0.15) is 4.99 Å². The van der Waals surface area contributed by atoms with Crippen LogP contribution in [0.2, 0.25) is 0 Å². The summed E-state index contributed by atoms with van der Waals surface area (Å²) in [5, 5.41) is 0. The predicted octanol–water partition coefficient (Wildman–Crippen LogP) is 2.95. The quantitative estimate of drug-likeness (QED) is 0.686. The molecule has 0 aliphatic carbocycles. The van der Waals surface area contributed by atoms with E-state index >= 15 is 0 Å². The van der Waals surface area contributed by atoms with E-state index < -0.39 is 0 Å². The molecular weight excluding hydrogens is 324 g/mol. The number of benzene rings is 2. The van der Waals surface area contributed by atoms with Crippen LogP contribution in [0.4, 0.5) is 0 Å². The third-order valence-electron chi connectivity index (χ3n) is 3.56. The molecule has 0 fully saturated rings. The first kappa shape index (κ1) is 16.1. The van der Waals surface area contributed by atoms with Crippen molar-refractivity contribution in [2.24, 2.45) is 12.0 Å². The number of nitrogens with zero attached hydrogens (tertiary/aromatic N) is 2. The molecule has 1 heterocycles. The number of aromatic nitrogens is 1. The Hall–Kier alpha value is -2.73. The van der Waals surface area contributed by atoms with Crippen LogP contribution in [-0.4, -0.2) is 22.9 Å². The summed E-state index contributed by atoms with van der Waals surface area (Å²) in [5.74, 6) is 0.168. The van der Waals surface area contributed by atoms with E-state index in [1.807, 2.05) is 35.9 Å². The molecule has 0 radical (unpaired) electrons. The molecule has 0 bridgehead atoms. The molecule has 0 aliphatic heterocycles. The van der Waals surface area contributed by atoms with Gasteiger partial charge in [0.2, 0.25) is 0 Å². The van der Waals surface area contributed by atoms with Gasteiger partial charge in [-0.3, -0.25) is 9.59 Å². The molecule has 0 saturated carbocycles. The van der Waals surface area contributed by atoms with Crippen LogP contribution in [0, 0.1) is 0 Å². The van der Waals surface area contributed by atoms with Crippen LogP contribution in [0.5, 0.6) is 5.75 Å². The third-order valence-corrected chi connectivity index (χ3v) is 4.67. The smallest absolute Gasteiger partial charge is 0.286 e. The zero-order valence-corrected chi connectivity index (χ0v) is 14.2. The molecule has 0 saturated heterocycles. The van der Waals surface area contributed by atoms with Gasteiger partial charge in [-0.1, -0.05) is 23.5 Å². The molecule has 1 amide bonds. The van der Waals surface area contributed by atoms with E-state index in [0.29, 0.717) is 16.1 Å². The largest absolute Gasteiger partial charge is 0.484 e. The first-order valence-corrected chi connectivity index (χ1v) is 8.22. The van der Waals surface area contributed by atoms with Crippen LogP contribution in [0.3, 0.4) is 0 Å². The maximum atomic E-state index is 12.0. The van der Waals surface area contributed by atoms with Crippen molar-refractivity contribution in [3.05, 3.63) is 58.9 Å². The molecule has 0 aliphatic rings. The fraction of sp³-hybridized carbons (Fsp3) is 0.167. The normalized spacial score (nSPS) is 11.7. The second-order valence-corrected chi connectivity index (χ2v) is 6.30. The molecule has 6 heteroatoms. The van der Waals surface area contributed by atoms with Crippen molar-refractivity contribution in [3.8, 4) is 5.75 Å². The van der Waals surface area contributed by atoms with Crippen LogP contribution in [0.25, 0.3) is 10.2 Å². The van der Waals surface area contributed by atoms with Crippen molar-refractivity contribution >= 4 is 33.2 Å². The minimum Gasteiger partial charge on any atom is -0.484 e. The lowest BCUT2D eigenvalue weighted by atomic mass is 10.1. The topological polar surface area (TPSA) is 60.7 Å². The first-order chi connectivity index (χ1) is 11.5. The fourth-order valence-corrected chi connectivity index (χ4v) is 3.29. The van der Waals surface area contributed by atoms with E-state index in [-0.39, 0.29) is 18.3 Å². The van der Waals surface area contributed by atoms with Gasteiger partial charge in [0.1, 0.15) is 5.75 Å². The van der Waals surface area contributed by atoms with E-state index in [2.05, 4.69) is 4.99 Å². The Bertz CT molecular complexity index is 968. The van der Waals surface area contributed by atoms with E-state index in [4.69, 9.17) is 4.74 Å². The fourth-order valence-electron chi connectivity index (χ4n) is 2.26. The van der Waals surface area contributed by atoms with Gasteiger partial charge < -0.3 is 9.30 Å². The number of amides is 1. The SMILES string of the molecule is CC(=O)c1ccc(OCC(=O)N=c2sc3ccccc3n2C)cc1. The number of Topliss-reactive ketones (excluding diaryl/α,β-unsaturated/α-hetero) is 1. The van der Waals surface area contributed by atoms with E-state index in [0.717, 1.165) is 10.2 Å². The number of carbonyl (C=O) groups is 2. The molecule has 24 heavy (non-hydrogen) atoms. The zero-order valence-electron chi connectivity index (χ0n) is 13.4. The molecule has 2 aromatic carbocycles. The Morgan fingerprint density at radius 3 is 2.50 bits per heavy atom. The summed E-state index contributed by atoms with van der Waals surface area (Å²) in [7, 11) is 1.88. The first-order valence-electron chi connectivity index (χ1n) is 7.40. The van der Waals surface area contributed by atoms with E-state index in [1.54, 1.807) is 24.3 Å². The van der Waals surface area contributed by atoms with E-state index in [1.165, 1.54) is 18.3 Å². The molecule has 5 nitrogen and oxygen atoms in total. The van der Waals surface area contributed by atoms with Gasteiger partial charge in [-0.25, -0.2) is 0 Å². The van der Waals surface area contributed by atoms with Gasteiger partial charge in [0, 0.05) is 12.6 Å². The van der Waals surface area contributed by atoms with Crippen LogP contribution in [0.1, 0.15) is 17.3 Å². The summed E-state index contributed by atoms with van der Waals surface area (Å²) in [5.41, 5.74) is 1.64. The highest BCUT2D eigenvalue weighted by molar-refractivity contribution is 7.16. The highest BCUT2D eigenvalue weighted by Crippen LogP contribution is 2.15. The van der Waals surface area contributed by atoms with Gasteiger partial charge >= 0.3 is 0 Å². The Morgan fingerprint density at radius 1 is 1.12 bits per heavy atom. The summed E-state index contributed by atoms with van der Waals surface area (Å²) in [6, 6.07) is 14.6. The van der Waals surface area contributed by atoms with Crippen molar-refractivity contribution in [1.82, 2.24) is 4.57 Å². The molecule has 3 rings (SSSR count). The van der Waals surface area contributed by atoms with Crippen LogP contribution < -0.4 is 9.54 Å². The van der Waals surface area contributed by atoms with Crippen LogP contribution >= 0.6 is 11.3 Å². The van der Waals surface area contributed by atoms with E-state index in [9.17, 15) is 9.59 Å². The number of rotatable bonds is 4. The number of thiazole rings is 1. The number of ether oxygens (including phenoxy) is 1. The summed E-state index contributed by atoms with van der Waals surface area (Å²) < 4.78 is 8.39. The maximum Gasteiger partial charge on any atom is 0.286 e. The van der Waals surface area contributed by atoms with Gasteiger partial charge in [0.05, 0.1) is 10.2 Å². The number of ketones is 1. The van der Waals surface area contributed by atoms with Gasteiger partial charge in [-0.15, -0.1) is 0 Å². The number of para-hydroxylation sites is 1. The monoisotopic (exact) mass is 340 g/mol. The number of carbonyl (C=O) groups excluding carboxylic acids is 2. The van der Waals surface area contributed by atoms with Gasteiger partial charge in [-0.05, 0) is 43.3 Å². The lowest BCUT2D eigenvalue weighted by molar-refractivity contribution is -0.120. The standard InChI is InChI=1S/C18H16N2O3S/c1-12(21)13-7-9-14(10-8-13)23-11-17(22)19-18-20(2)15-5-3-4-6-16(15)24-18/h3-10H,11H2,1-2H3. The highest BCUT2D eigenvalue weighted by atomic mass is 32.1. The average molecular weight is 340 g/mol. The number of hydrogen-bond donors (Lipinski definition) is 0. The van der Waals surface area contributed by atoms with Gasteiger partial charge in [0.25, 0.3) is 5.91 Å². The van der Waals surface area contributed by atoms with Crippen LogP contribution in [0.15, 0.2) is 53.5 Å². The second kappa shape index (κ2) is 6.80. The Morgan fingerprint density at radius 2 is 1.83 bits per heavy atom. The molecule has 0 unspecified atom stereocenters. The Labute approximate surface area is 142 Å². The summed E-state index contributed by atoms with van der Waals surface area (Å²) in [4.78, 5) is 28.0. The Kier molecular flexibility index (Phi) is 4.57. The second-order valence-electron chi connectivity index (χ2n) is 5.29. The lowest BCUT2D eigenvalue weighted by Crippen LogP contribution is -2.17. The molecule has 0 atom stereocenters. The minimum atomic E-state index is -0.354. The highest BCUT2D eigenvalue weighted by Gasteiger charge is 2.06. The van der Waals surface area contributed by atoms with Crippen molar-refractivity contribution < 1.29 is 14.3 Å². The summed E-state index contributed by atoms with van der Waals surface area (Å²) in [6.07, 6.45) is 0. The number of hydrogen-bond acceptors (Lipinski definition) is 4. The number of aryl methyl sites for hydroxylation is 1.